The van der Waals surface area contributed by atoms with Crippen molar-refractivity contribution in [2.24, 2.45) is 0 Å². The van der Waals surface area contributed by atoms with E-state index in [0.717, 1.165) is 4.70 Å². The first kappa shape index (κ1) is 10.4. The Labute approximate surface area is 88.6 Å². The van der Waals surface area contributed by atoms with Gasteiger partial charge in [-0.25, -0.2) is 4.98 Å². The zero-order chi connectivity index (χ0) is 11.1. The normalized spacial score (nSPS) is 12.3. The molecule has 0 aliphatic heterocycles. The average molecular weight is 231 g/mol. The molecule has 0 amide bonds. The van der Waals surface area contributed by atoms with E-state index in [2.05, 4.69) is 4.98 Å². The van der Waals surface area contributed by atoms with E-state index in [-0.39, 0.29) is 5.56 Å². The highest BCUT2D eigenvalue weighted by atomic mass is 32.1. The second kappa shape index (κ2) is 3.48. The molecule has 0 aliphatic carbocycles. The van der Waals surface area contributed by atoms with Gasteiger partial charge in [-0.1, -0.05) is 6.92 Å². The van der Waals surface area contributed by atoms with Crippen LogP contribution < -0.4 is 0 Å². The van der Waals surface area contributed by atoms with Crippen molar-refractivity contribution in [2.45, 2.75) is 19.5 Å². The second-order valence-electron chi connectivity index (χ2n) is 3.15. The van der Waals surface area contributed by atoms with Crippen LogP contribution in [0.25, 0.3) is 10.2 Å². The van der Waals surface area contributed by atoms with E-state index in [4.69, 9.17) is 0 Å². The third kappa shape index (κ3) is 1.84. The van der Waals surface area contributed by atoms with E-state index in [9.17, 15) is 13.2 Å². The fourth-order valence-electron chi connectivity index (χ4n) is 1.45. The number of hydrogen-bond acceptors (Lipinski definition) is 2. The summed E-state index contributed by atoms with van der Waals surface area (Å²) in [5.74, 6) is 0. The van der Waals surface area contributed by atoms with Gasteiger partial charge in [-0.05, 0) is 29.5 Å². The van der Waals surface area contributed by atoms with Crippen molar-refractivity contribution >= 4 is 21.6 Å². The Morgan fingerprint density at radius 1 is 1.40 bits per heavy atom. The van der Waals surface area contributed by atoms with Crippen LogP contribution in [-0.4, -0.2) is 4.98 Å². The molecule has 15 heavy (non-hydrogen) atoms. The van der Waals surface area contributed by atoms with Gasteiger partial charge < -0.3 is 0 Å². The van der Waals surface area contributed by atoms with Crippen molar-refractivity contribution < 1.29 is 13.2 Å². The maximum Gasteiger partial charge on any atom is 0.433 e. The first-order valence-electron chi connectivity index (χ1n) is 4.46. The van der Waals surface area contributed by atoms with Gasteiger partial charge >= 0.3 is 6.18 Å². The van der Waals surface area contributed by atoms with Crippen molar-refractivity contribution in [1.29, 1.82) is 0 Å². The number of nitrogens with zero attached hydrogens (tertiary/aromatic N) is 1. The molecule has 0 bridgehead atoms. The quantitative estimate of drug-likeness (QED) is 0.725. The van der Waals surface area contributed by atoms with Crippen LogP contribution in [0.3, 0.4) is 0 Å². The molecule has 0 aromatic carbocycles. The molecule has 5 heteroatoms. The number of pyridine rings is 1. The molecule has 2 aromatic rings. The third-order valence-corrected chi connectivity index (χ3v) is 3.02. The Morgan fingerprint density at radius 3 is 2.73 bits per heavy atom. The predicted molar refractivity (Wildman–Crippen MR) is 54.0 cm³/mol. The van der Waals surface area contributed by atoms with E-state index < -0.39 is 11.9 Å². The van der Waals surface area contributed by atoms with Gasteiger partial charge in [0.05, 0.1) is 10.2 Å². The van der Waals surface area contributed by atoms with Gasteiger partial charge in [-0.3, -0.25) is 0 Å². The molecule has 0 spiro atoms. The molecule has 2 heterocycles. The van der Waals surface area contributed by atoms with Crippen LogP contribution in [0.15, 0.2) is 17.5 Å². The molecule has 0 radical (unpaired) electrons. The third-order valence-electron chi connectivity index (χ3n) is 2.16. The summed E-state index contributed by atoms with van der Waals surface area (Å²) in [4.78, 5) is 3.66. The van der Waals surface area contributed by atoms with Crippen LogP contribution >= 0.6 is 11.3 Å². The van der Waals surface area contributed by atoms with E-state index >= 15 is 0 Å². The van der Waals surface area contributed by atoms with Crippen LogP contribution in [0, 0.1) is 0 Å². The Bertz CT molecular complexity index is 487. The lowest BCUT2D eigenvalue weighted by molar-refractivity contribution is -0.141. The number of fused-ring (bicyclic) bond motifs is 1. The van der Waals surface area contributed by atoms with Gasteiger partial charge in [-0.15, -0.1) is 11.3 Å². The lowest BCUT2D eigenvalue weighted by atomic mass is 10.1. The zero-order valence-electron chi connectivity index (χ0n) is 7.93. The zero-order valence-corrected chi connectivity index (χ0v) is 8.75. The van der Waals surface area contributed by atoms with Crippen LogP contribution in [0.2, 0.25) is 0 Å². The minimum atomic E-state index is -4.36. The minimum Gasteiger partial charge on any atom is -0.242 e. The molecular weight excluding hydrogens is 223 g/mol. The molecule has 0 saturated heterocycles. The van der Waals surface area contributed by atoms with E-state index in [1.165, 1.54) is 11.3 Å². The monoisotopic (exact) mass is 231 g/mol. The molecule has 0 saturated carbocycles. The molecule has 0 N–H and O–H groups in total. The topological polar surface area (TPSA) is 12.9 Å². The number of hydrogen-bond donors (Lipinski definition) is 0. The maximum atomic E-state index is 12.6. The number of halogens is 3. The van der Waals surface area contributed by atoms with E-state index in [0.29, 0.717) is 11.9 Å². The molecular formula is C10H8F3NS. The number of aryl methyl sites for hydroxylation is 1. The summed E-state index contributed by atoms with van der Waals surface area (Å²) >= 11 is 1.41. The molecule has 2 rings (SSSR count). The summed E-state index contributed by atoms with van der Waals surface area (Å²) in [6, 6.07) is 3.19. The molecule has 1 nitrogen and oxygen atoms in total. The molecule has 0 aliphatic rings. The average Bonchev–Trinajstić information content (AvgIpc) is 2.60. The summed E-state index contributed by atoms with van der Waals surface area (Å²) in [5, 5.41) is 1.75. The Kier molecular flexibility index (Phi) is 2.42. The smallest absolute Gasteiger partial charge is 0.242 e. The fraction of sp³-hybridized carbons (Fsp3) is 0.300. The van der Waals surface area contributed by atoms with Crippen molar-refractivity contribution in [3.8, 4) is 0 Å². The number of thiophene rings is 1. The van der Waals surface area contributed by atoms with Gasteiger partial charge in [0.1, 0.15) is 5.69 Å². The van der Waals surface area contributed by atoms with Crippen LogP contribution in [0.1, 0.15) is 18.2 Å². The molecule has 0 atom stereocenters. The van der Waals surface area contributed by atoms with Crippen molar-refractivity contribution in [2.75, 3.05) is 0 Å². The first-order valence-corrected chi connectivity index (χ1v) is 5.34. The molecule has 2 aromatic heterocycles. The number of rotatable bonds is 1. The van der Waals surface area contributed by atoms with Gasteiger partial charge in [-0.2, -0.15) is 13.2 Å². The summed E-state index contributed by atoms with van der Waals surface area (Å²) in [7, 11) is 0. The Hall–Kier alpha value is -1.10. The summed E-state index contributed by atoms with van der Waals surface area (Å²) < 4.78 is 38.6. The summed E-state index contributed by atoms with van der Waals surface area (Å²) in [5.41, 5.74) is -0.0714. The van der Waals surface area contributed by atoms with Crippen LogP contribution in [0.4, 0.5) is 13.2 Å². The van der Waals surface area contributed by atoms with Crippen molar-refractivity contribution in [3.63, 3.8) is 0 Å². The number of alkyl halides is 3. The molecule has 0 fully saturated rings. The maximum absolute atomic E-state index is 12.6. The largest absolute Gasteiger partial charge is 0.433 e. The summed E-state index contributed by atoms with van der Waals surface area (Å²) in [6.45, 7) is 1.70. The van der Waals surface area contributed by atoms with Gasteiger partial charge in [0, 0.05) is 0 Å². The van der Waals surface area contributed by atoms with Crippen LogP contribution in [-0.2, 0) is 12.6 Å². The Balaban J connectivity index is 2.70. The van der Waals surface area contributed by atoms with Gasteiger partial charge in [0.25, 0.3) is 0 Å². The SMILES string of the molecule is CCc1cc2sccc2nc1C(F)(F)F. The Morgan fingerprint density at radius 2 is 2.13 bits per heavy atom. The molecule has 0 unspecified atom stereocenters. The lowest BCUT2D eigenvalue weighted by Crippen LogP contribution is -2.11. The number of aromatic nitrogens is 1. The highest BCUT2D eigenvalue weighted by Crippen LogP contribution is 2.33. The lowest BCUT2D eigenvalue weighted by Gasteiger charge is -2.10. The highest BCUT2D eigenvalue weighted by molar-refractivity contribution is 7.17. The van der Waals surface area contributed by atoms with Crippen molar-refractivity contribution in [3.05, 3.63) is 28.8 Å². The molecule has 80 valence electrons. The predicted octanol–water partition coefficient (Wildman–Crippen LogP) is 3.88. The summed E-state index contributed by atoms with van der Waals surface area (Å²) in [6.07, 6.45) is -4.02. The first-order chi connectivity index (χ1) is 7.02. The minimum absolute atomic E-state index is 0.262. The van der Waals surface area contributed by atoms with Crippen LogP contribution in [0.5, 0.6) is 0 Å². The van der Waals surface area contributed by atoms with Gasteiger partial charge in [0.2, 0.25) is 0 Å². The standard InChI is InChI=1S/C10H8F3NS/c1-2-6-5-8-7(3-4-15-8)14-9(6)10(11,12)13/h3-5H,2H2,1H3. The highest BCUT2D eigenvalue weighted by Gasteiger charge is 2.35. The van der Waals surface area contributed by atoms with E-state index in [1.807, 2.05) is 0 Å². The van der Waals surface area contributed by atoms with Crippen molar-refractivity contribution in [1.82, 2.24) is 4.98 Å². The van der Waals surface area contributed by atoms with E-state index in [1.54, 1.807) is 24.4 Å². The fourth-order valence-corrected chi connectivity index (χ4v) is 2.24. The van der Waals surface area contributed by atoms with Gasteiger partial charge in [0.15, 0.2) is 0 Å². The second-order valence-corrected chi connectivity index (χ2v) is 4.10.